The normalized spacial score (nSPS) is 13.4. The maximum atomic E-state index is 11.3. The van der Waals surface area contributed by atoms with E-state index in [9.17, 15) is 26.3 Å². The first-order valence-corrected chi connectivity index (χ1v) is 3.66. The van der Waals surface area contributed by atoms with E-state index in [-0.39, 0.29) is 6.08 Å². The van der Waals surface area contributed by atoms with Crippen LogP contribution >= 0.6 is 23.2 Å². The zero-order chi connectivity index (χ0) is 11.8. The molecule has 0 amide bonds. The number of hydrogen-bond donors (Lipinski definition) is 0. The Morgan fingerprint density at radius 2 is 1.64 bits per heavy atom. The monoisotopic (exact) mass is 260 g/mol. The Kier molecular flexibility index (Phi) is 9.18. The highest BCUT2D eigenvalue weighted by atomic mass is 35.5. The van der Waals surface area contributed by atoms with Gasteiger partial charge in [-0.2, -0.15) is 17.6 Å². The average Bonchev–Trinajstić information content (AvgIpc) is 2.01. The van der Waals surface area contributed by atoms with Crippen LogP contribution in [0.25, 0.3) is 0 Å². The second-order valence-corrected chi connectivity index (χ2v) is 2.22. The molecule has 0 rings (SSSR count). The Hall–Kier alpha value is -0.360. The van der Waals surface area contributed by atoms with Gasteiger partial charge in [0, 0.05) is 11.6 Å². The third-order valence-corrected chi connectivity index (χ3v) is 0.905. The van der Waals surface area contributed by atoms with Crippen LogP contribution in [-0.4, -0.2) is 12.9 Å². The number of halogens is 8. The Labute approximate surface area is 85.8 Å². The quantitative estimate of drug-likeness (QED) is 0.605. The van der Waals surface area contributed by atoms with E-state index < -0.39 is 24.0 Å². The molecule has 0 aromatic rings. The number of alkyl halides is 4. The lowest BCUT2D eigenvalue weighted by Gasteiger charge is -1.92. The van der Waals surface area contributed by atoms with Crippen LogP contribution in [0.1, 0.15) is 0 Å². The minimum Gasteiger partial charge on any atom is -0.243 e. The van der Waals surface area contributed by atoms with E-state index in [0.717, 1.165) is 0 Å². The number of rotatable bonds is 1. The molecule has 0 unspecified atom stereocenters. The third-order valence-electron chi connectivity index (χ3n) is 0.574. The van der Waals surface area contributed by atoms with Crippen LogP contribution in [-0.2, 0) is 0 Å². The molecule has 0 atom stereocenters. The predicted molar refractivity (Wildman–Crippen MR) is 42.1 cm³/mol. The third kappa shape index (κ3) is 14.2. The van der Waals surface area contributed by atoms with Crippen molar-refractivity contribution in [3.05, 3.63) is 22.7 Å². The lowest BCUT2D eigenvalue weighted by atomic mass is 10.6. The molecule has 0 radical (unpaired) electrons. The van der Waals surface area contributed by atoms with Gasteiger partial charge in [0.05, 0.1) is 0 Å². The van der Waals surface area contributed by atoms with E-state index in [1.807, 2.05) is 0 Å². The summed E-state index contributed by atoms with van der Waals surface area (Å²) in [6.07, 6.45) is -4.31. The fraction of sp³-hybridized carbons (Fsp3) is 0.333. The van der Waals surface area contributed by atoms with Gasteiger partial charge in [-0.1, -0.05) is 11.6 Å². The van der Waals surface area contributed by atoms with Crippen LogP contribution in [0.4, 0.5) is 26.3 Å². The molecule has 0 N–H and O–H groups in total. The molecule has 0 aliphatic carbocycles. The topological polar surface area (TPSA) is 0 Å². The maximum absolute atomic E-state index is 11.3. The summed E-state index contributed by atoms with van der Waals surface area (Å²) in [6, 6.07) is 0. The molecule has 14 heavy (non-hydrogen) atoms. The van der Waals surface area contributed by atoms with E-state index in [1.54, 1.807) is 0 Å². The van der Waals surface area contributed by atoms with Gasteiger partial charge in [0.25, 0.3) is 0 Å². The molecule has 0 nitrogen and oxygen atoms in total. The van der Waals surface area contributed by atoms with Crippen molar-refractivity contribution in [2.75, 3.05) is 6.67 Å². The van der Waals surface area contributed by atoms with Crippen LogP contribution < -0.4 is 0 Å². The summed E-state index contributed by atoms with van der Waals surface area (Å²) in [7, 11) is 0. The minimum absolute atomic E-state index is 0.0471. The summed E-state index contributed by atoms with van der Waals surface area (Å²) in [5.41, 5.74) is 0.431. The highest BCUT2D eigenvalue weighted by molar-refractivity contribution is 6.28. The zero-order valence-corrected chi connectivity index (χ0v) is 7.90. The van der Waals surface area contributed by atoms with Gasteiger partial charge >= 0.3 is 6.18 Å². The van der Waals surface area contributed by atoms with Gasteiger partial charge in [-0.05, 0) is 11.6 Å². The molecule has 84 valence electrons. The Bertz CT molecular complexity index is 203. The molecular weight excluding hydrogens is 257 g/mol. The summed E-state index contributed by atoms with van der Waals surface area (Å²) in [5.74, 6) is -1.55. The summed E-state index contributed by atoms with van der Waals surface area (Å²) in [6.45, 7) is -1.48. The first kappa shape index (κ1) is 16.1. The average molecular weight is 261 g/mol. The van der Waals surface area contributed by atoms with Gasteiger partial charge in [0.2, 0.25) is 5.29 Å². The van der Waals surface area contributed by atoms with E-state index in [0.29, 0.717) is 5.54 Å². The molecule has 0 aromatic carbocycles. The number of allylic oxidation sites excluding steroid dienone is 2. The second-order valence-electron chi connectivity index (χ2n) is 1.63. The standard InChI is InChI=1S/2C3H2ClF3/c4-3(7)2(6)1-5;4-2-1-3(5,6)7/h1H2;1-2H/b3-2-;2-1-. The van der Waals surface area contributed by atoms with Crippen molar-refractivity contribution in [3.8, 4) is 0 Å². The fourth-order valence-corrected chi connectivity index (χ4v) is 0.315. The molecule has 0 heterocycles. The van der Waals surface area contributed by atoms with Crippen LogP contribution in [0.5, 0.6) is 0 Å². The molecular formula is C6H4Cl2F6. The Morgan fingerprint density at radius 3 is 1.64 bits per heavy atom. The largest absolute Gasteiger partial charge is 0.410 e. The minimum atomic E-state index is -4.26. The first-order chi connectivity index (χ1) is 6.24. The van der Waals surface area contributed by atoms with Gasteiger partial charge < -0.3 is 0 Å². The Morgan fingerprint density at radius 1 is 1.21 bits per heavy atom. The highest BCUT2D eigenvalue weighted by Crippen LogP contribution is 2.15. The lowest BCUT2D eigenvalue weighted by Crippen LogP contribution is -1.99. The smallest absolute Gasteiger partial charge is 0.243 e. The predicted octanol–water partition coefficient (Wildman–Crippen LogP) is 4.60. The van der Waals surface area contributed by atoms with Crippen molar-refractivity contribution >= 4 is 23.2 Å². The molecule has 8 heteroatoms. The van der Waals surface area contributed by atoms with Crippen LogP contribution in [0.2, 0.25) is 0 Å². The lowest BCUT2D eigenvalue weighted by molar-refractivity contribution is -0.0796. The molecule has 0 spiro atoms. The fourth-order valence-electron chi connectivity index (χ4n) is 0.122. The molecule has 0 saturated carbocycles. The SMILES string of the molecule is FC(F)(F)/C=C\Cl.FC/C(F)=C(/F)Cl. The summed E-state index contributed by atoms with van der Waals surface area (Å²) in [5, 5.41) is -1.61. The van der Waals surface area contributed by atoms with Gasteiger partial charge in [0.15, 0.2) is 5.83 Å². The summed E-state index contributed by atoms with van der Waals surface area (Å²) >= 11 is 8.91. The van der Waals surface area contributed by atoms with Gasteiger partial charge in [-0.15, -0.1) is 0 Å². The van der Waals surface area contributed by atoms with Crippen molar-refractivity contribution in [3.63, 3.8) is 0 Å². The van der Waals surface area contributed by atoms with Gasteiger partial charge in [-0.3, -0.25) is 0 Å². The zero-order valence-electron chi connectivity index (χ0n) is 6.39. The van der Waals surface area contributed by atoms with Crippen molar-refractivity contribution in [2.45, 2.75) is 6.18 Å². The van der Waals surface area contributed by atoms with Crippen molar-refractivity contribution in [1.29, 1.82) is 0 Å². The highest BCUT2D eigenvalue weighted by Gasteiger charge is 2.21. The van der Waals surface area contributed by atoms with E-state index in [1.165, 1.54) is 0 Å². The molecule has 0 fully saturated rings. The van der Waals surface area contributed by atoms with Gasteiger partial charge in [0.1, 0.15) is 6.67 Å². The molecule has 0 aliphatic heterocycles. The van der Waals surface area contributed by atoms with Crippen molar-refractivity contribution in [2.24, 2.45) is 0 Å². The second kappa shape index (κ2) is 7.99. The maximum Gasteiger partial charge on any atom is 0.410 e. The van der Waals surface area contributed by atoms with E-state index >= 15 is 0 Å². The molecule has 0 saturated heterocycles. The summed E-state index contributed by atoms with van der Waals surface area (Å²) in [4.78, 5) is 0. The van der Waals surface area contributed by atoms with Crippen molar-refractivity contribution < 1.29 is 26.3 Å². The van der Waals surface area contributed by atoms with Crippen LogP contribution in [0, 0.1) is 0 Å². The van der Waals surface area contributed by atoms with E-state index in [2.05, 4.69) is 23.2 Å². The van der Waals surface area contributed by atoms with Crippen LogP contribution in [0.15, 0.2) is 22.7 Å². The molecule has 0 aromatic heterocycles. The first-order valence-electron chi connectivity index (χ1n) is 2.84. The molecule has 0 aliphatic rings. The van der Waals surface area contributed by atoms with Gasteiger partial charge in [-0.25, -0.2) is 8.78 Å². The van der Waals surface area contributed by atoms with E-state index in [4.69, 9.17) is 0 Å². The summed E-state index contributed by atoms with van der Waals surface area (Å²) < 4.78 is 65.9. The van der Waals surface area contributed by atoms with Crippen molar-refractivity contribution in [1.82, 2.24) is 0 Å². The van der Waals surface area contributed by atoms with Crippen LogP contribution in [0.3, 0.4) is 0 Å². The number of hydrogen-bond acceptors (Lipinski definition) is 0. The Balaban J connectivity index is 0. The molecule has 0 bridgehead atoms.